The van der Waals surface area contributed by atoms with Crippen molar-refractivity contribution in [2.45, 2.75) is 32.6 Å². The molecule has 0 aliphatic carbocycles. The lowest BCUT2D eigenvalue weighted by Crippen LogP contribution is -2.10. The minimum absolute atomic E-state index is 0.154. The Labute approximate surface area is 120 Å². The Morgan fingerprint density at radius 3 is 2.35 bits per heavy atom. The summed E-state index contributed by atoms with van der Waals surface area (Å²) in [6.07, 6.45) is 4.35. The first-order valence-corrected chi connectivity index (χ1v) is 6.91. The highest BCUT2D eigenvalue weighted by molar-refractivity contribution is 5.35. The molecule has 1 aromatic carbocycles. The topological polar surface area (TPSA) is 48.1 Å². The molecule has 1 aromatic heterocycles. The number of nitrogens with zero attached hydrogens (tertiary/aromatic N) is 1. The van der Waals surface area contributed by atoms with Crippen LogP contribution in [0.2, 0.25) is 0 Å². The van der Waals surface area contributed by atoms with Crippen LogP contribution in [-0.2, 0) is 11.8 Å². The van der Waals surface area contributed by atoms with Crippen molar-refractivity contribution in [3.8, 4) is 11.5 Å². The largest absolute Gasteiger partial charge is 0.456 e. The van der Waals surface area contributed by atoms with E-state index in [2.05, 4.69) is 37.9 Å². The second-order valence-corrected chi connectivity index (χ2v) is 5.94. The number of aromatic nitrogens is 1. The molecule has 1 heterocycles. The zero-order valence-corrected chi connectivity index (χ0v) is 12.4. The molecule has 0 aliphatic heterocycles. The van der Waals surface area contributed by atoms with Crippen LogP contribution in [0.25, 0.3) is 0 Å². The first-order chi connectivity index (χ1) is 9.49. The third-order valence-corrected chi connectivity index (χ3v) is 3.16. The molecule has 0 saturated carbocycles. The Morgan fingerprint density at radius 1 is 1.05 bits per heavy atom. The highest BCUT2D eigenvalue weighted by Gasteiger charge is 2.13. The van der Waals surface area contributed by atoms with Gasteiger partial charge in [-0.05, 0) is 47.7 Å². The van der Waals surface area contributed by atoms with Crippen LogP contribution >= 0.6 is 0 Å². The van der Waals surface area contributed by atoms with E-state index in [1.54, 1.807) is 6.20 Å². The molecule has 0 spiro atoms. The van der Waals surface area contributed by atoms with E-state index in [-0.39, 0.29) is 5.41 Å². The number of hydrogen-bond donors (Lipinski definition) is 1. The van der Waals surface area contributed by atoms with Crippen molar-refractivity contribution in [3.63, 3.8) is 0 Å². The van der Waals surface area contributed by atoms with Gasteiger partial charge in [-0.2, -0.15) is 0 Å². The zero-order valence-electron chi connectivity index (χ0n) is 12.4. The minimum atomic E-state index is 0.154. The van der Waals surface area contributed by atoms with Crippen molar-refractivity contribution < 1.29 is 4.74 Å². The molecule has 0 unspecified atom stereocenters. The molecule has 0 bridgehead atoms. The van der Waals surface area contributed by atoms with Crippen LogP contribution in [0.4, 0.5) is 0 Å². The number of rotatable bonds is 4. The van der Waals surface area contributed by atoms with Gasteiger partial charge in [-0.1, -0.05) is 32.9 Å². The van der Waals surface area contributed by atoms with E-state index >= 15 is 0 Å². The lowest BCUT2D eigenvalue weighted by Gasteiger charge is -2.19. The van der Waals surface area contributed by atoms with Gasteiger partial charge >= 0.3 is 0 Å². The smallest absolute Gasteiger partial charge is 0.145 e. The van der Waals surface area contributed by atoms with E-state index in [9.17, 15) is 0 Å². The van der Waals surface area contributed by atoms with Gasteiger partial charge in [0.05, 0.1) is 6.20 Å². The van der Waals surface area contributed by atoms with Crippen LogP contribution in [0.5, 0.6) is 11.5 Å². The molecule has 0 radical (unpaired) electrons. The quantitative estimate of drug-likeness (QED) is 0.922. The fraction of sp³-hybridized carbons (Fsp3) is 0.353. The summed E-state index contributed by atoms with van der Waals surface area (Å²) in [4.78, 5) is 4.18. The second kappa shape index (κ2) is 6.06. The molecule has 0 saturated heterocycles. The molecule has 3 heteroatoms. The lowest BCUT2D eigenvalue weighted by molar-refractivity contribution is 0.478. The van der Waals surface area contributed by atoms with Crippen LogP contribution in [0.3, 0.4) is 0 Å². The average molecular weight is 270 g/mol. The predicted octanol–water partition coefficient (Wildman–Crippen LogP) is 3.67. The van der Waals surface area contributed by atoms with E-state index in [1.807, 2.05) is 24.4 Å². The molecule has 2 N–H and O–H groups in total. The summed E-state index contributed by atoms with van der Waals surface area (Å²) in [7, 11) is 0. The number of hydrogen-bond acceptors (Lipinski definition) is 3. The maximum Gasteiger partial charge on any atom is 0.145 e. The summed E-state index contributed by atoms with van der Waals surface area (Å²) in [5.41, 5.74) is 8.09. The van der Waals surface area contributed by atoms with Crippen molar-refractivity contribution in [3.05, 3.63) is 53.9 Å². The Hall–Kier alpha value is -1.87. The summed E-state index contributed by atoms with van der Waals surface area (Å²) in [6.45, 7) is 7.21. The zero-order chi connectivity index (χ0) is 14.6. The van der Waals surface area contributed by atoms with Gasteiger partial charge in [-0.3, -0.25) is 4.98 Å². The summed E-state index contributed by atoms with van der Waals surface area (Å²) in [5.74, 6) is 1.57. The molecule has 106 valence electrons. The Balaban J connectivity index is 2.12. The first kappa shape index (κ1) is 14.5. The van der Waals surface area contributed by atoms with Crippen LogP contribution in [0.15, 0.2) is 42.7 Å². The second-order valence-electron chi connectivity index (χ2n) is 5.94. The van der Waals surface area contributed by atoms with Gasteiger partial charge in [0.1, 0.15) is 11.5 Å². The van der Waals surface area contributed by atoms with E-state index < -0.39 is 0 Å². The van der Waals surface area contributed by atoms with Gasteiger partial charge in [0.15, 0.2) is 0 Å². The summed E-state index contributed by atoms with van der Waals surface area (Å²) >= 11 is 0. The van der Waals surface area contributed by atoms with Crippen molar-refractivity contribution in [1.29, 1.82) is 0 Å². The SMILES string of the molecule is CC(C)(C)c1ccc(Oc2cncc(CCN)c2)cc1. The maximum absolute atomic E-state index is 5.83. The maximum atomic E-state index is 5.83. The van der Waals surface area contributed by atoms with E-state index in [4.69, 9.17) is 10.5 Å². The van der Waals surface area contributed by atoms with Crippen molar-refractivity contribution in [2.24, 2.45) is 5.73 Å². The normalized spacial score (nSPS) is 11.4. The molecular weight excluding hydrogens is 248 g/mol. The number of nitrogens with two attached hydrogens (primary N) is 1. The molecule has 2 aromatic rings. The van der Waals surface area contributed by atoms with Crippen molar-refractivity contribution in [1.82, 2.24) is 4.98 Å². The molecule has 2 rings (SSSR count). The van der Waals surface area contributed by atoms with Gasteiger partial charge < -0.3 is 10.5 Å². The highest BCUT2D eigenvalue weighted by atomic mass is 16.5. The van der Waals surface area contributed by atoms with E-state index in [0.29, 0.717) is 6.54 Å². The van der Waals surface area contributed by atoms with Crippen molar-refractivity contribution >= 4 is 0 Å². The molecule has 3 nitrogen and oxygen atoms in total. The van der Waals surface area contributed by atoms with Crippen LogP contribution < -0.4 is 10.5 Å². The summed E-state index contributed by atoms with van der Waals surface area (Å²) in [5, 5.41) is 0. The lowest BCUT2D eigenvalue weighted by atomic mass is 9.87. The van der Waals surface area contributed by atoms with Crippen LogP contribution in [0.1, 0.15) is 31.9 Å². The molecular formula is C17H22N2O. The fourth-order valence-electron chi connectivity index (χ4n) is 1.98. The monoisotopic (exact) mass is 270 g/mol. The highest BCUT2D eigenvalue weighted by Crippen LogP contribution is 2.26. The molecule has 0 amide bonds. The standard InChI is InChI=1S/C17H22N2O/c1-17(2,3)14-4-6-15(7-5-14)20-16-10-13(8-9-18)11-19-12-16/h4-7,10-12H,8-9,18H2,1-3H3. The van der Waals surface area contributed by atoms with Gasteiger partial charge in [-0.25, -0.2) is 0 Å². The number of pyridine rings is 1. The molecule has 0 fully saturated rings. The summed E-state index contributed by atoms with van der Waals surface area (Å²) in [6, 6.07) is 10.2. The van der Waals surface area contributed by atoms with Gasteiger partial charge in [-0.15, -0.1) is 0 Å². The number of benzene rings is 1. The third-order valence-electron chi connectivity index (χ3n) is 3.16. The average Bonchev–Trinajstić information content (AvgIpc) is 2.39. The molecule has 0 atom stereocenters. The first-order valence-electron chi connectivity index (χ1n) is 6.91. The molecule has 0 aliphatic rings. The number of ether oxygens (including phenoxy) is 1. The molecule has 20 heavy (non-hydrogen) atoms. The van der Waals surface area contributed by atoms with E-state index in [1.165, 1.54) is 5.56 Å². The van der Waals surface area contributed by atoms with Crippen LogP contribution in [0, 0.1) is 0 Å². The third kappa shape index (κ3) is 3.81. The predicted molar refractivity (Wildman–Crippen MR) is 82.2 cm³/mol. The van der Waals surface area contributed by atoms with Gasteiger partial charge in [0, 0.05) is 6.20 Å². The van der Waals surface area contributed by atoms with Crippen LogP contribution in [-0.4, -0.2) is 11.5 Å². The Bertz CT molecular complexity index is 556. The fourth-order valence-corrected chi connectivity index (χ4v) is 1.98. The summed E-state index contributed by atoms with van der Waals surface area (Å²) < 4.78 is 5.83. The minimum Gasteiger partial charge on any atom is -0.456 e. The Kier molecular flexibility index (Phi) is 4.40. The van der Waals surface area contributed by atoms with Crippen molar-refractivity contribution in [2.75, 3.05) is 6.54 Å². The van der Waals surface area contributed by atoms with Gasteiger partial charge in [0.25, 0.3) is 0 Å². The Morgan fingerprint density at radius 2 is 1.75 bits per heavy atom. The van der Waals surface area contributed by atoms with Gasteiger partial charge in [0.2, 0.25) is 0 Å². The van der Waals surface area contributed by atoms with E-state index in [0.717, 1.165) is 23.5 Å².